The summed E-state index contributed by atoms with van der Waals surface area (Å²) in [5.41, 5.74) is 12.1. The van der Waals surface area contributed by atoms with Crippen molar-refractivity contribution in [2.45, 2.75) is 0 Å². The molecule has 0 N–H and O–H groups in total. The molecule has 9 aromatic carbocycles. The summed E-state index contributed by atoms with van der Waals surface area (Å²) in [6.45, 7) is 0. The number of nitrogens with zero attached hydrogens (tertiary/aromatic N) is 1. The zero-order valence-corrected chi connectivity index (χ0v) is 28.4. The van der Waals surface area contributed by atoms with Crippen LogP contribution >= 0.6 is 0 Å². The van der Waals surface area contributed by atoms with E-state index in [9.17, 15) is 0 Å². The first kappa shape index (κ1) is 30.0. The monoisotopic (exact) mass is 663 g/mol. The van der Waals surface area contributed by atoms with Crippen LogP contribution in [0.3, 0.4) is 0 Å². The van der Waals surface area contributed by atoms with Gasteiger partial charge in [-0.15, -0.1) is 0 Å². The highest BCUT2D eigenvalue weighted by molar-refractivity contribution is 6.14. The van der Waals surface area contributed by atoms with Gasteiger partial charge in [-0.3, -0.25) is 0 Å². The lowest BCUT2D eigenvalue weighted by Crippen LogP contribution is -2.10. The SMILES string of the molecule is c1ccc(-c2ccccc2-c2ccc(N(c3ccc(-c4cc5ccccc5c5ccccc45)cc3)c3cccc4c3oc3ccccc34)cc2)cc1. The average molecular weight is 664 g/mol. The van der Waals surface area contributed by atoms with Crippen molar-refractivity contribution in [3.8, 4) is 33.4 Å². The second-order valence-corrected chi connectivity index (χ2v) is 13.3. The first-order valence-electron chi connectivity index (χ1n) is 17.8. The number of benzene rings is 9. The molecule has 244 valence electrons. The molecular weight excluding hydrogens is 631 g/mol. The Morgan fingerprint density at radius 1 is 0.327 bits per heavy atom. The molecule has 0 bridgehead atoms. The van der Waals surface area contributed by atoms with E-state index in [1.54, 1.807) is 0 Å². The van der Waals surface area contributed by atoms with Crippen LogP contribution in [0, 0.1) is 0 Å². The number of hydrogen-bond donors (Lipinski definition) is 0. The third-order valence-electron chi connectivity index (χ3n) is 10.3. The van der Waals surface area contributed by atoms with Crippen LogP contribution in [0.2, 0.25) is 0 Å². The molecule has 0 amide bonds. The van der Waals surface area contributed by atoms with Crippen LogP contribution in [-0.4, -0.2) is 0 Å². The zero-order valence-electron chi connectivity index (χ0n) is 28.4. The van der Waals surface area contributed by atoms with Gasteiger partial charge >= 0.3 is 0 Å². The van der Waals surface area contributed by atoms with E-state index in [1.807, 2.05) is 12.1 Å². The van der Waals surface area contributed by atoms with Crippen molar-refractivity contribution < 1.29 is 4.42 Å². The van der Waals surface area contributed by atoms with E-state index in [-0.39, 0.29) is 0 Å². The van der Waals surface area contributed by atoms with Gasteiger partial charge in [-0.05, 0) is 97.4 Å². The van der Waals surface area contributed by atoms with Gasteiger partial charge in [0.05, 0.1) is 5.69 Å². The summed E-state index contributed by atoms with van der Waals surface area (Å²) in [6, 6.07) is 71.6. The summed E-state index contributed by atoms with van der Waals surface area (Å²) >= 11 is 0. The number of hydrogen-bond acceptors (Lipinski definition) is 2. The maximum Gasteiger partial charge on any atom is 0.159 e. The summed E-state index contributed by atoms with van der Waals surface area (Å²) in [5, 5.41) is 7.26. The maximum atomic E-state index is 6.61. The minimum atomic E-state index is 0.867. The van der Waals surface area contributed by atoms with Crippen LogP contribution in [0.25, 0.3) is 76.9 Å². The van der Waals surface area contributed by atoms with Crippen molar-refractivity contribution in [1.82, 2.24) is 0 Å². The van der Waals surface area contributed by atoms with Crippen LogP contribution < -0.4 is 4.90 Å². The molecule has 10 rings (SSSR count). The predicted octanol–water partition coefficient (Wildman–Crippen LogP) is 14.4. The van der Waals surface area contributed by atoms with E-state index in [1.165, 1.54) is 54.9 Å². The van der Waals surface area contributed by atoms with Gasteiger partial charge in [-0.2, -0.15) is 0 Å². The molecule has 1 aromatic heterocycles. The number of anilines is 3. The van der Waals surface area contributed by atoms with Gasteiger partial charge < -0.3 is 9.32 Å². The highest BCUT2D eigenvalue weighted by Crippen LogP contribution is 2.44. The maximum absolute atomic E-state index is 6.61. The first-order valence-corrected chi connectivity index (χ1v) is 17.8. The van der Waals surface area contributed by atoms with Crippen LogP contribution in [0.4, 0.5) is 17.1 Å². The van der Waals surface area contributed by atoms with Crippen LogP contribution in [-0.2, 0) is 0 Å². The van der Waals surface area contributed by atoms with Crippen molar-refractivity contribution in [3.05, 3.63) is 200 Å². The molecule has 0 aliphatic rings. The lowest BCUT2D eigenvalue weighted by atomic mass is 9.93. The molecule has 0 unspecified atom stereocenters. The van der Waals surface area contributed by atoms with Gasteiger partial charge in [0, 0.05) is 22.1 Å². The molecule has 0 spiro atoms. The van der Waals surface area contributed by atoms with E-state index in [4.69, 9.17) is 4.42 Å². The molecule has 0 aliphatic carbocycles. The van der Waals surface area contributed by atoms with Gasteiger partial charge in [-0.25, -0.2) is 0 Å². The Labute approximate surface area is 302 Å². The average Bonchev–Trinajstić information content (AvgIpc) is 3.61. The van der Waals surface area contributed by atoms with E-state index in [0.717, 1.165) is 39.0 Å². The van der Waals surface area contributed by atoms with E-state index in [0.29, 0.717) is 0 Å². The highest BCUT2D eigenvalue weighted by atomic mass is 16.3. The molecule has 2 heteroatoms. The fourth-order valence-electron chi connectivity index (χ4n) is 7.81. The largest absolute Gasteiger partial charge is 0.454 e. The first-order chi connectivity index (χ1) is 25.8. The molecular formula is C50H33NO. The minimum Gasteiger partial charge on any atom is -0.454 e. The van der Waals surface area contributed by atoms with Gasteiger partial charge in [0.15, 0.2) is 5.58 Å². The molecule has 52 heavy (non-hydrogen) atoms. The second-order valence-electron chi connectivity index (χ2n) is 13.3. The van der Waals surface area contributed by atoms with Crippen LogP contribution in [0.1, 0.15) is 0 Å². The molecule has 0 atom stereocenters. The fourth-order valence-corrected chi connectivity index (χ4v) is 7.81. The van der Waals surface area contributed by atoms with Crippen molar-refractivity contribution in [1.29, 1.82) is 0 Å². The molecule has 1 heterocycles. The Balaban J connectivity index is 1.12. The van der Waals surface area contributed by atoms with Gasteiger partial charge in [-0.1, -0.05) is 158 Å². The Hall–Kier alpha value is -6.90. The van der Waals surface area contributed by atoms with Gasteiger partial charge in [0.2, 0.25) is 0 Å². The molecule has 2 nitrogen and oxygen atoms in total. The number of furan rings is 1. The fraction of sp³-hybridized carbons (Fsp3) is 0. The predicted molar refractivity (Wildman–Crippen MR) is 220 cm³/mol. The second kappa shape index (κ2) is 12.5. The summed E-state index contributed by atoms with van der Waals surface area (Å²) in [4.78, 5) is 2.32. The van der Waals surface area contributed by atoms with Crippen LogP contribution in [0.15, 0.2) is 205 Å². The quantitative estimate of drug-likeness (QED) is 0.165. The summed E-state index contributed by atoms with van der Waals surface area (Å²) < 4.78 is 6.61. The van der Waals surface area contributed by atoms with Crippen molar-refractivity contribution >= 4 is 60.5 Å². The Morgan fingerprint density at radius 3 is 1.56 bits per heavy atom. The number of para-hydroxylation sites is 2. The van der Waals surface area contributed by atoms with Gasteiger partial charge in [0.25, 0.3) is 0 Å². The Kier molecular flexibility index (Phi) is 7.18. The number of fused-ring (bicyclic) bond motifs is 6. The highest BCUT2D eigenvalue weighted by Gasteiger charge is 2.20. The third-order valence-corrected chi connectivity index (χ3v) is 10.3. The van der Waals surface area contributed by atoms with E-state index in [2.05, 4.69) is 193 Å². The van der Waals surface area contributed by atoms with E-state index < -0.39 is 0 Å². The molecule has 0 saturated carbocycles. The minimum absolute atomic E-state index is 0.867. The lowest BCUT2D eigenvalue weighted by Gasteiger charge is -2.26. The van der Waals surface area contributed by atoms with E-state index >= 15 is 0 Å². The Morgan fingerprint density at radius 2 is 0.846 bits per heavy atom. The summed E-state index contributed by atoms with van der Waals surface area (Å²) in [7, 11) is 0. The molecule has 0 fully saturated rings. The van der Waals surface area contributed by atoms with Crippen molar-refractivity contribution in [2.75, 3.05) is 4.90 Å². The Bertz CT molecular complexity index is 2890. The summed E-state index contributed by atoms with van der Waals surface area (Å²) in [5.74, 6) is 0. The molecule has 10 aromatic rings. The zero-order chi connectivity index (χ0) is 34.4. The molecule has 0 aliphatic heterocycles. The lowest BCUT2D eigenvalue weighted by molar-refractivity contribution is 0.669. The normalized spacial score (nSPS) is 11.5. The van der Waals surface area contributed by atoms with Gasteiger partial charge in [0.1, 0.15) is 5.58 Å². The molecule has 0 radical (unpaired) electrons. The third kappa shape index (κ3) is 5.04. The topological polar surface area (TPSA) is 16.4 Å². The van der Waals surface area contributed by atoms with Crippen LogP contribution in [0.5, 0.6) is 0 Å². The molecule has 0 saturated heterocycles. The number of rotatable bonds is 6. The van der Waals surface area contributed by atoms with Crippen molar-refractivity contribution in [2.24, 2.45) is 0 Å². The standard InChI is InChI=1S/C50H33NO/c1-2-13-34(14-3-1)40-16-6-7-17-41(40)35-25-29-38(30-26-35)51(48-23-12-22-46-45-21-10-11-24-49(45)52-50(46)48)39-31-27-36(28-32-39)47-33-37-15-4-5-18-42(37)43-19-8-9-20-44(43)47/h1-33H. The smallest absolute Gasteiger partial charge is 0.159 e. The van der Waals surface area contributed by atoms with Crippen molar-refractivity contribution in [3.63, 3.8) is 0 Å². The summed E-state index contributed by atoms with van der Waals surface area (Å²) in [6.07, 6.45) is 0.